The van der Waals surface area contributed by atoms with Crippen LogP contribution in [0.5, 0.6) is 5.75 Å². The van der Waals surface area contributed by atoms with Crippen LogP contribution in [0.25, 0.3) is 5.70 Å². The minimum Gasteiger partial charge on any atom is -0.508 e. The Morgan fingerprint density at radius 1 is 1.23 bits per heavy atom. The Bertz CT molecular complexity index is 880. The van der Waals surface area contributed by atoms with Crippen LogP contribution in [0.3, 0.4) is 0 Å². The summed E-state index contributed by atoms with van der Waals surface area (Å²) in [6.07, 6.45) is 0. The quantitative estimate of drug-likeness (QED) is 0.665. The molecule has 6 nitrogen and oxygen atoms in total. The predicted octanol–water partition coefficient (Wildman–Crippen LogP) is 3.48. The number of benzene rings is 2. The molecule has 0 saturated carbocycles. The third-order valence-corrected chi connectivity index (χ3v) is 4.42. The fraction of sp³-hybridized carbons (Fsp3) is 0.158. The van der Waals surface area contributed by atoms with Crippen molar-refractivity contribution in [1.82, 2.24) is 10.6 Å². The maximum atomic E-state index is 12.7. The number of hydrogen-bond acceptors (Lipinski definition) is 4. The molecule has 0 aromatic heterocycles. The Kier molecular flexibility index (Phi) is 5.27. The zero-order valence-corrected chi connectivity index (χ0v) is 15.5. The van der Waals surface area contributed by atoms with Gasteiger partial charge in [0.15, 0.2) is 0 Å². The summed E-state index contributed by atoms with van der Waals surface area (Å²) in [5.41, 5.74) is 1.65. The van der Waals surface area contributed by atoms with Crippen LogP contribution in [-0.2, 0) is 9.53 Å². The Balaban J connectivity index is 2.22. The molecular formula is C19H17BrN2O4. The summed E-state index contributed by atoms with van der Waals surface area (Å²) < 4.78 is 5.92. The molecule has 3 rings (SSSR count). The van der Waals surface area contributed by atoms with E-state index in [1.165, 1.54) is 6.07 Å². The molecule has 1 aliphatic heterocycles. The first-order chi connectivity index (χ1) is 12.5. The van der Waals surface area contributed by atoms with E-state index in [4.69, 9.17) is 4.74 Å². The van der Waals surface area contributed by atoms with Gasteiger partial charge >= 0.3 is 12.0 Å². The van der Waals surface area contributed by atoms with Crippen LogP contribution >= 0.6 is 15.9 Å². The number of aromatic hydroxyl groups is 1. The van der Waals surface area contributed by atoms with Gasteiger partial charge in [0.25, 0.3) is 0 Å². The first kappa shape index (κ1) is 18.0. The standard InChI is InChI=1S/C19H17BrN2O4/c1-2-26-18(24)15-16(11-6-4-3-5-7-11)21-19(25)22-17(15)13-10-12(20)8-9-14(13)23/h3-10,17,23H,2H2,1H3,(H2,21,22,25)/t17-/m0/s1. The molecule has 3 N–H and O–H groups in total. The van der Waals surface area contributed by atoms with Gasteiger partial charge in [0.1, 0.15) is 5.75 Å². The molecule has 0 saturated heterocycles. The van der Waals surface area contributed by atoms with Crippen molar-refractivity contribution >= 4 is 33.6 Å². The van der Waals surface area contributed by atoms with Gasteiger partial charge in [-0.05, 0) is 30.7 Å². The van der Waals surface area contributed by atoms with Crippen LogP contribution in [-0.4, -0.2) is 23.7 Å². The maximum Gasteiger partial charge on any atom is 0.338 e. The van der Waals surface area contributed by atoms with Crippen LogP contribution in [0.4, 0.5) is 4.79 Å². The smallest absolute Gasteiger partial charge is 0.338 e. The lowest BCUT2D eigenvalue weighted by atomic mass is 9.92. The topological polar surface area (TPSA) is 87.7 Å². The highest BCUT2D eigenvalue weighted by molar-refractivity contribution is 9.10. The van der Waals surface area contributed by atoms with Gasteiger partial charge in [-0.3, -0.25) is 0 Å². The Morgan fingerprint density at radius 3 is 2.65 bits per heavy atom. The van der Waals surface area contributed by atoms with E-state index in [-0.39, 0.29) is 17.9 Å². The van der Waals surface area contributed by atoms with E-state index in [2.05, 4.69) is 26.6 Å². The molecule has 0 aliphatic carbocycles. The number of phenolic OH excluding ortho intramolecular Hbond substituents is 1. The Labute approximate surface area is 159 Å². The number of ether oxygens (including phenoxy) is 1. The lowest BCUT2D eigenvalue weighted by molar-refractivity contribution is -0.138. The number of phenols is 1. The normalized spacial score (nSPS) is 16.7. The SMILES string of the molecule is CCOC(=O)C1=C(c2ccccc2)NC(=O)N[C@H]1c1cc(Br)ccc1O. The second-order valence-corrected chi connectivity index (χ2v) is 6.53. The molecule has 7 heteroatoms. The third-order valence-electron chi connectivity index (χ3n) is 3.93. The number of amides is 2. The molecule has 0 spiro atoms. The van der Waals surface area contributed by atoms with Crippen molar-refractivity contribution in [2.75, 3.05) is 6.61 Å². The molecule has 0 fully saturated rings. The van der Waals surface area contributed by atoms with Crippen LogP contribution in [0.1, 0.15) is 24.1 Å². The average Bonchev–Trinajstić information content (AvgIpc) is 2.64. The molecule has 2 amide bonds. The lowest BCUT2D eigenvalue weighted by Crippen LogP contribution is -2.45. The lowest BCUT2D eigenvalue weighted by Gasteiger charge is -2.30. The fourth-order valence-corrected chi connectivity index (χ4v) is 3.19. The van der Waals surface area contributed by atoms with Gasteiger partial charge in [-0.25, -0.2) is 9.59 Å². The van der Waals surface area contributed by atoms with E-state index in [9.17, 15) is 14.7 Å². The number of urea groups is 1. The van der Waals surface area contributed by atoms with Gasteiger partial charge in [-0.1, -0.05) is 46.3 Å². The zero-order chi connectivity index (χ0) is 18.7. The first-order valence-corrected chi connectivity index (χ1v) is 8.83. The second kappa shape index (κ2) is 7.61. The molecule has 1 heterocycles. The average molecular weight is 417 g/mol. The van der Waals surface area contributed by atoms with Gasteiger partial charge in [-0.15, -0.1) is 0 Å². The van der Waals surface area contributed by atoms with E-state index in [0.29, 0.717) is 21.3 Å². The molecule has 1 atom stereocenters. The van der Waals surface area contributed by atoms with Crippen LogP contribution < -0.4 is 10.6 Å². The molecule has 2 aromatic carbocycles. The number of hydrogen-bond donors (Lipinski definition) is 3. The van der Waals surface area contributed by atoms with Gasteiger partial charge in [0, 0.05) is 10.0 Å². The summed E-state index contributed by atoms with van der Waals surface area (Å²) in [6.45, 7) is 1.90. The summed E-state index contributed by atoms with van der Waals surface area (Å²) in [6, 6.07) is 12.6. The Morgan fingerprint density at radius 2 is 1.96 bits per heavy atom. The summed E-state index contributed by atoms with van der Waals surface area (Å²) in [5, 5.41) is 15.7. The maximum absolute atomic E-state index is 12.7. The zero-order valence-electron chi connectivity index (χ0n) is 14.0. The van der Waals surface area contributed by atoms with E-state index < -0.39 is 18.0 Å². The number of rotatable bonds is 4. The summed E-state index contributed by atoms with van der Waals surface area (Å²) >= 11 is 3.35. The highest BCUT2D eigenvalue weighted by Gasteiger charge is 2.35. The summed E-state index contributed by atoms with van der Waals surface area (Å²) in [7, 11) is 0. The van der Waals surface area contributed by atoms with Crippen LogP contribution in [0.15, 0.2) is 58.6 Å². The number of esters is 1. The van der Waals surface area contributed by atoms with Crippen molar-refractivity contribution in [3.8, 4) is 5.75 Å². The minimum absolute atomic E-state index is 0.0328. The fourth-order valence-electron chi connectivity index (χ4n) is 2.82. The van der Waals surface area contributed by atoms with E-state index in [1.54, 1.807) is 31.2 Å². The number of halogens is 1. The van der Waals surface area contributed by atoms with Crippen LogP contribution in [0, 0.1) is 0 Å². The number of carbonyl (C=O) groups is 2. The molecule has 0 radical (unpaired) electrons. The highest BCUT2D eigenvalue weighted by atomic mass is 79.9. The van der Waals surface area contributed by atoms with Crippen molar-refractivity contribution in [3.63, 3.8) is 0 Å². The van der Waals surface area contributed by atoms with Gasteiger partial charge in [-0.2, -0.15) is 0 Å². The molecule has 26 heavy (non-hydrogen) atoms. The second-order valence-electron chi connectivity index (χ2n) is 5.61. The van der Waals surface area contributed by atoms with Crippen molar-refractivity contribution in [2.24, 2.45) is 0 Å². The van der Waals surface area contributed by atoms with E-state index in [0.717, 1.165) is 0 Å². The van der Waals surface area contributed by atoms with E-state index in [1.807, 2.05) is 18.2 Å². The van der Waals surface area contributed by atoms with Crippen LogP contribution in [0.2, 0.25) is 0 Å². The van der Waals surface area contributed by atoms with Crippen molar-refractivity contribution < 1.29 is 19.4 Å². The molecule has 0 unspecified atom stereocenters. The minimum atomic E-state index is -0.851. The molecular weight excluding hydrogens is 400 g/mol. The Hall–Kier alpha value is -2.80. The van der Waals surface area contributed by atoms with Crippen molar-refractivity contribution in [2.45, 2.75) is 13.0 Å². The number of carbonyl (C=O) groups excluding carboxylic acids is 2. The predicted molar refractivity (Wildman–Crippen MR) is 100 cm³/mol. The highest BCUT2D eigenvalue weighted by Crippen LogP contribution is 2.37. The third kappa shape index (κ3) is 3.57. The monoisotopic (exact) mass is 416 g/mol. The molecule has 0 bridgehead atoms. The summed E-state index contributed by atoms with van der Waals surface area (Å²) in [4.78, 5) is 25.0. The molecule has 2 aromatic rings. The summed E-state index contributed by atoms with van der Waals surface area (Å²) in [5.74, 6) is -0.599. The van der Waals surface area contributed by atoms with Gasteiger partial charge in [0.05, 0.1) is 23.9 Å². The van der Waals surface area contributed by atoms with E-state index >= 15 is 0 Å². The number of nitrogens with one attached hydrogen (secondary N) is 2. The molecule has 1 aliphatic rings. The van der Waals surface area contributed by atoms with Crippen molar-refractivity contribution in [1.29, 1.82) is 0 Å². The van der Waals surface area contributed by atoms with Gasteiger partial charge in [0.2, 0.25) is 0 Å². The first-order valence-electron chi connectivity index (χ1n) is 8.04. The largest absolute Gasteiger partial charge is 0.508 e. The van der Waals surface area contributed by atoms with Crippen molar-refractivity contribution in [3.05, 3.63) is 69.7 Å². The van der Waals surface area contributed by atoms with Gasteiger partial charge < -0.3 is 20.5 Å². The molecule has 134 valence electrons.